The summed E-state index contributed by atoms with van der Waals surface area (Å²) in [5.74, 6) is 0.328. The van der Waals surface area contributed by atoms with Crippen LogP contribution in [0.15, 0.2) is 42.7 Å². The van der Waals surface area contributed by atoms with Crippen molar-refractivity contribution in [3.63, 3.8) is 0 Å². The molecule has 5 nitrogen and oxygen atoms in total. The third kappa shape index (κ3) is 6.65. The molecule has 27 heavy (non-hydrogen) atoms. The van der Waals surface area contributed by atoms with Crippen molar-refractivity contribution >= 4 is 30.7 Å². The fourth-order valence-corrected chi connectivity index (χ4v) is 3.10. The first-order valence-corrected chi connectivity index (χ1v) is 8.50. The highest BCUT2D eigenvalue weighted by molar-refractivity contribution is 5.85. The van der Waals surface area contributed by atoms with Crippen LogP contribution in [0.4, 0.5) is 4.39 Å². The van der Waals surface area contributed by atoms with Crippen molar-refractivity contribution in [2.45, 2.75) is 38.3 Å². The molecule has 148 valence electrons. The van der Waals surface area contributed by atoms with Gasteiger partial charge in [-0.2, -0.15) is 0 Å². The first-order chi connectivity index (χ1) is 12.1. The summed E-state index contributed by atoms with van der Waals surface area (Å²) >= 11 is 0. The Kier molecular flexibility index (Phi) is 9.49. The minimum atomic E-state index is -0.478. The van der Waals surface area contributed by atoms with E-state index in [1.165, 1.54) is 12.3 Å². The molecule has 0 spiro atoms. The van der Waals surface area contributed by atoms with Crippen LogP contribution >= 0.6 is 24.8 Å². The lowest BCUT2D eigenvalue weighted by Gasteiger charge is -2.15. The summed E-state index contributed by atoms with van der Waals surface area (Å²) in [6.45, 7) is 0.283. The van der Waals surface area contributed by atoms with E-state index in [0.717, 1.165) is 19.3 Å². The molecule has 1 aromatic carbocycles. The van der Waals surface area contributed by atoms with Gasteiger partial charge in [-0.3, -0.25) is 9.78 Å². The number of aromatic nitrogens is 1. The summed E-state index contributed by atoms with van der Waals surface area (Å²) in [4.78, 5) is 15.9. The number of pyridine rings is 1. The van der Waals surface area contributed by atoms with Gasteiger partial charge >= 0.3 is 0 Å². The Hall–Kier alpha value is -1.89. The second-order valence-electron chi connectivity index (χ2n) is 6.39. The maximum atomic E-state index is 14.2. The average molecular weight is 416 g/mol. The molecule has 1 aliphatic carbocycles. The monoisotopic (exact) mass is 415 g/mol. The van der Waals surface area contributed by atoms with Crippen LogP contribution in [0.1, 0.15) is 31.2 Å². The molecule has 1 heterocycles. The molecular formula is C19H24Cl2FN3O2. The van der Waals surface area contributed by atoms with Crippen molar-refractivity contribution in [2.75, 3.05) is 0 Å². The van der Waals surface area contributed by atoms with Gasteiger partial charge in [0.15, 0.2) is 11.6 Å². The lowest BCUT2D eigenvalue weighted by Crippen LogP contribution is -2.31. The summed E-state index contributed by atoms with van der Waals surface area (Å²) < 4.78 is 19.6. The molecule has 0 bridgehead atoms. The largest absolute Gasteiger partial charge is 0.453 e. The van der Waals surface area contributed by atoms with E-state index in [0.29, 0.717) is 17.7 Å². The van der Waals surface area contributed by atoms with Crippen molar-refractivity contribution in [1.82, 2.24) is 10.3 Å². The van der Waals surface area contributed by atoms with E-state index >= 15 is 0 Å². The molecule has 0 radical (unpaired) electrons. The molecule has 0 aliphatic heterocycles. The summed E-state index contributed by atoms with van der Waals surface area (Å²) in [5, 5.41) is 2.83. The molecular weight excluding hydrogens is 392 g/mol. The second kappa shape index (κ2) is 11.1. The Labute approximate surface area is 170 Å². The Bertz CT molecular complexity index is 734. The van der Waals surface area contributed by atoms with Crippen LogP contribution in [0.25, 0.3) is 0 Å². The minimum Gasteiger partial charge on any atom is -0.453 e. The Balaban J connectivity index is 0.00000182. The molecule has 1 saturated carbocycles. The van der Waals surface area contributed by atoms with Crippen LogP contribution in [0.5, 0.6) is 11.5 Å². The molecule has 1 amide bonds. The zero-order valence-corrected chi connectivity index (χ0v) is 16.4. The third-order valence-electron chi connectivity index (χ3n) is 4.51. The van der Waals surface area contributed by atoms with Gasteiger partial charge in [0.05, 0.1) is 6.20 Å². The number of nitrogens with zero attached hydrogens (tertiary/aromatic N) is 1. The van der Waals surface area contributed by atoms with Gasteiger partial charge in [0.2, 0.25) is 5.91 Å². The number of amides is 1. The number of hydrogen-bond acceptors (Lipinski definition) is 4. The van der Waals surface area contributed by atoms with Crippen LogP contribution in [-0.2, 0) is 11.3 Å². The van der Waals surface area contributed by atoms with E-state index in [1.807, 2.05) is 0 Å². The number of ether oxygens (including phenoxy) is 1. The molecule has 1 aromatic heterocycles. The number of nitrogens with one attached hydrogen (secondary N) is 1. The maximum absolute atomic E-state index is 14.2. The van der Waals surface area contributed by atoms with Crippen LogP contribution in [-0.4, -0.2) is 16.9 Å². The van der Waals surface area contributed by atoms with Crippen molar-refractivity contribution in [3.05, 3.63) is 54.1 Å². The number of carbonyl (C=O) groups is 1. The lowest BCUT2D eigenvalue weighted by molar-refractivity contribution is -0.122. The van der Waals surface area contributed by atoms with Crippen molar-refractivity contribution in [2.24, 2.45) is 11.7 Å². The van der Waals surface area contributed by atoms with Crippen LogP contribution in [0, 0.1) is 11.7 Å². The average Bonchev–Trinajstić information content (AvgIpc) is 3.01. The molecule has 3 rings (SSSR count). The Morgan fingerprint density at radius 1 is 1.30 bits per heavy atom. The number of halogens is 3. The minimum absolute atomic E-state index is 0. The lowest BCUT2D eigenvalue weighted by atomic mass is 10.00. The smallest absolute Gasteiger partial charge is 0.220 e. The second-order valence-corrected chi connectivity index (χ2v) is 6.39. The molecule has 0 saturated heterocycles. The van der Waals surface area contributed by atoms with E-state index in [2.05, 4.69) is 10.3 Å². The molecule has 2 atom stereocenters. The first-order valence-electron chi connectivity index (χ1n) is 8.50. The van der Waals surface area contributed by atoms with E-state index < -0.39 is 5.82 Å². The standard InChI is InChI=1S/C19H22FN3O2.2ClH/c20-16-9-13(6-7-18(16)25-15-4-2-8-22-12-15)11-23-19(24)10-14-3-1-5-17(14)21;;/h2,4,6-9,12,14,17H,1,3,5,10-11,21H2,(H,23,24);2*1H/t14-,17+;;/m0../s1. The van der Waals surface area contributed by atoms with Gasteiger partial charge < -0.3 is 15.8 Å². The SMILES string of the molecule is Cl.Cl.N[C@@H]1CCC[C@H]1CC(=O)NCc1ccc(Oc2cccnc2)c(F)c1. The summed E-state index contributed by atoms with van der Waals surface area (Å²) in [7, 11) is 0. The van der Waals surface area contributed by atoms with Gasteiger partial charge in [-0.05, 0) is 48.6 Å². The highest BCUT2D eigenvalue weighted by Gasteiger charge is 2.25. The zero-order valence-electron chi connectivity index (χ0n) is 14.8. The Morgan fingerprint density at radius 3 is 2.74 bits per heavy atom. The van der Waals surface area contributed by atoms with Crippen LogP contribution < -0.4 is 15.8 Å². The van der Waals surface area contributed by atoms with Crippen LogP contribution in [0.3, 0.4) is 0 Å². The molecule has 1 fully saturated rings. The topological polar surface area (TPSA) is 77.2 Å². The van der Waals surface area contributed by atoms with Gasteiger partial charge in [0, 0.05) is 25.2 Å². The van der Waals surface area contributed by atoms with Crippen LogP contribution in [0.2, 0.25) is 0 Å². The van der Waals surface area contributed by atoms with Crippen molar-refractivity contribution in [3.8, 4) is 11.5 Å². The van der Waals surface area contributed by atoms with Gasteiger partial charge in [0.1, 0.15) is 5.75 Å². The zero-order chi connectivity index (χ0) is 17.6. The normalized spacial score (nSPS) is 18.1. The summed E-state index contributed by atoms with van der Waals surface area (Å²) in [6.07, 6.45) is 6.65. The fourth-order valence-electron chi connectivity index (χ4n) is 3.10. The molecule has 0 unspecified atom stereocenters. The number of nitrogens with two attached hydrogens (primary N) is 1. The Morgan fingerprint density at radius 2 is 2.11 bits per heavy atom. The van der Waals surface area contributed by atoms with E-state index in [9.17, 15) is 9.18 Å². The fraction of sp³-hybridized carbons (Fsp3) is 0.368. The van der Waals surface area contributed by atoms with E-state index in [-0.39, 0.29) is 55.0 Å². The predicted molar refractivity (Wildman–Crippen MR) is 107 cm³/mol. The number of carbonyl (C=O) groups excluding carboxylic acids is 1. The highest BCUT2D eigenvalue weighted by Crippen LogP contribution is 2.27. The van der Waals surface area contributed by atoms with E-state index in [4.69, 9.17) is 10.5 Å². The molecule has 2 aromatic rings. The highest BCUT2D eigenvalue weighted by atomic mass is 35.5. The number of benzene rings is 1. The molecule has 3 N–H and O–H groups in total. The van der Waals surface area contributed by atoms with Gasteiger partial charge in [-0.25, -0.2) is 4.39 Å². The quantitative estimate of drug-likeness (QED) is 0.747. The predicted octanol–water partition coefficient (Wildman–Crippen LogP) is 3.99. The molecule has 8 heteroatoms. The van der Waals surface area contributed by atoms with Gasteiger partial charge in [-0.1, -0.05) is 12.5 Å². The van der Waals surface area contributed by atoms with Gasteiger partial charge in [0.25, 0.3) is 0 Å². The number of hydrogen-bond donors (Lipinski definition) is 2. The van der Waals surface area contributed by atoms with Crippen molar-refractivity contribution < 1.29 is 13.9 Å². The summed E-state index contributed by atoms with van der Waals surface area (Å²) in [5.41, 5.74) is 6.67. The first kappa shape index (κ1) is 23.1. The maximum Gasteiger partial charge on any atom is 0.220 e. The molecule has 1 aliphatic rings. The van der Waals surface area contributed by atoms with E-state index in [1.54, 1.807) is 30.5 Å². The summed E-state index contributed by atoms with van der Waals surface area (Å²) in [6, 6.07) is 8.19. The van der Waals surface area contributed by atoms with Gasteiger partial charge in [-0.15, -0.1) is 24.8 Å². The third-order valence-corrected chi connectivity index (χ3v) is 4.51. The number of rotatable bonds is 6. The van der Waals surface area contributed by atoms with Crippen molar-refractivity contribution in [1.29, 1.82) is 0 Å².